The van der Waals surface area contributed by atoms with Crippen molar-refractivity contribution in [2.24, 2.45) is 10.9 Å². The molecule has 0 atom stereocenters. The van der Waals surface area contributed by atoms with Gasteiger partial charge in [-0.1, -0.05) is 5.16 Å². The van der Waals surface area contributed by atoms with Gasteiger partial charge in [-0.25, -0.2) is 4.98 Å². The molecule has 0 aromatic carbocycles. The summed E-state index contributed by atoms with van der Waals surface area (Å²) in [6.07, 6.45) is 6.82. The summed E-state index contributed by atoms with van der Waals surface area (Å²) in [7, 11) is 0. The van der Waals surface area contributed by atoms with Crippen molar-refractivity contribution in [2.75, 3.05) is 18.0 Å². The number of rotatable bonds is 2. The lowest BCUT2D eigenvalue weighted by molar-refractivity contribution is 0.318. The molecule has 1 aromatic rings. The molecule has 1 aromatic heterocycles. The van der Waals surface area contributed by atoms with E-state index in [4.69, 9.17) is 10.9 Å². The van der Waals surface area contributed by atoms with Crippen LogP contribution in [-0.2, 0) is 0 Å². The summed E-state index contributed by atoms with van der Waals surface area (Å²) < 4.78 is 0. The van der Waals surface area contributed by atoms with E-state index in [0.29, 0.717) is 5.69 Å². The van der Waals surface area contributed by atoms with Crippen molar-refractivity contribution in [2.45, 2.75) is 19.3 Å². The maximum absolute atomic E-state index is 8.57. The molecule has 0 radical (unpaired) electrons. The van der Waals surface area contributed by atoms with Crippen LogP contribution in [-0.4, -0.2) is 34.1 Å². The van der Waals surface area contributed by atoms with Gasteiger partial charge in [0.05, 0.1) is 12.4 Å². The third-order valence-corrected chi connectivity index (χ3v) is 2.67. The van der Waals surface area contributed by atoms with E-state index in [1.807, 2.05) is 0 Å². The van der Waals surface area contributed by atoms with E-state index in [1.165, 1.54) is 25.5 Å². The molecule has 0 bridgehead atoms. The molecule has 1 aliphatic rings. The smallest absolute Gasteiger partial charge is 0.190 e. The minimum absolute atomic E-state index is 0.00800. The average Bonchev–Trinajstić information content (AvgIpc) is 2.39. The van der Waals surface area contributed by atoms with Crippen molar-refractivity contribution in [1.29, 1.82) is 0 Å². The number of oxime groups is 1. The highest BCUT2D eigenvalue weighted by atomic mass is 16.4. The number of hydrogen-bond acceptors (Lipinski definition) is 5. The van der Waals surface area contributed by atoms with Gasteiger partial charge in [-0.15, -0.1) is 0 Å². The number of piperidine rings is 1. The Bertz CT molecular complexity index is 387. The first-order chi connectivity index (χ1) is 7.81. The van der Waals surface area contributed by atoms with Crippen molar-refractivity contribution in [3.8, 4) is 0 Å². The molecular formula is C10H15N5O. The van der Waals surface area contributed by atoms with Crippen molar-refractivity contribution >= 4 is 11.7 Å². The minimum Gasteiger partial charge on any atom is -0.409 e. The molecule has 0 unspecified atom stereocenters. The van der Waals surface area contributed by atoms with Gasteiger partial charge in [0.25, 0.3) is 0 Å². The SMILES string of the molecule is N/C(=N\O)c1cncc(N2CCCCC2)n1. The highest BCUT2D eigenvalue weighted by Gasteiger charge is 2.13. The Morgan fingerprint density at radius 1 is 1.31 bits per heavy atom. The lowest BCUT2D eigenvalue weighted by atomic mass is 10.1. The summed E-state index contributed by atoms with van der Waals surface area (Å²) in [4.78, 5) is 10.5. The summed E-state index contributed by atoms with van der Waals surface area (Å²) in [5, 5.41) is 11.5. The molecule has 1 fully saturated rings. The highest BCUT2D eigenvalue weighted by molar-refractivity contribution is 5.95. The van der Waals surface area contributed by atoms with Gasteiger partial charge < -0.3 is 15.8 Å². The Hall–Kier alpha value is -1.85. The second-order valence-corrected chi connectivity index (χ2v) is 3.80. The van der Waals surface area contributed by atoms with Crippen LogP contribution in [0.2, 0.25) is 0 Å². The quantitative estimate of drug-likeness (QED) is 0.330. The van der Waals surface area contributed by atoms with Gasteiger partial charge in [0, 0.05) is 13.1 Å². The second kappa shape index (κ2) is 4.78. The number of amidine groups is 1. The first kappa shape index (κ1) is 10.7. The first-order valence-corrected chi connectivity index (χ1v) is 5.36. The Balaban J connectivity index is 2.21. The van der Waals surface area contributed by atoms with Crippen LogP contribution in [0.3, 0.4) is 0 Å². The van der Waals surface area contributed by atoms with Crippen LogP contribution in [0, 0.1) is 0 Å². The fourth-order valence-electron chi connectivity index (χ4n) is 1.81. The molecule has 1 aliphatic heterocycles. The molecule has 0 spiro atoms. The molecule has 6 heteroatoms. The fraction of sp³-hybridized carbons (Fsp3) is 0.500. The van der Waals surface area contributed by atoms with E-state index < -0.39 is 0 Å². The Morgan fingerprint density at radius 3 is 2.75 bits per heavy atom. The normalized spacial score (nSPS) is 17.5. The van der Waals surface area contributed by atoms with Crippen molar-refractivity contribution < 1.29 is 5.21 Å². The van der Waals surface area contributed by atoms with Crippen LogP contribution < -0.4 is 10.6 Å². The monoisotopic (exact) mass is 221 g/mol. The number of anilines is 1. The van der Waals surface area contributed by atoms with E-state index in [9.17, 15) is 0 Å². The van der Waals surface area contributed by atoms with Gasteiger partial charge in [0.1, 0.15) is 11.5 Å². The lowest BCUT2D eigenvalue weighted by Gasteiger charge is -2.27. The van der Waals surface area contributed by atoms with Crippen LogP contribution in [0.4, 0.5) is 5.82 Å². The summed E-state index contributed by atoms with van der Waals surface area (Å²) in [5.74, 6) is 0.787. The minimum atomic E-state index is -0.00800. The maximum atomic E-state index is 8.57. The van der Waals surface area contributed by atoms with Crippen LogP contribution in [0.15, 0.2) is 17.5 Å². The largest absolute Gasteiger partial charge is 0.409 e. The summed E-state index contributed by atoms with van der Waals surface area (Å²) in [6.45, 7) is 1.99. The highest BCUT2D eigenvalue weighted by Crippen LogP contribution is 2.16. The van der Waals surface area contributed by atoms with Crippen molar-refractivity contribution in [3.05, 3.63) is 18.1 Å². The molecule has 16 heavy (non-hydrogen) atoms. The molecule has 3 N–H and O–H groups in total. The maximum Gasteiger partial charge on any atom is 0.190 e. The van der Waals surface area contributed by atoms with Crippen molar-refractivity contribution in [1.82, 2.24) is 9.97 Å². The van der Waals surface area contributed by atoms with E-state index >= 15 is 0 Å². The van der Waals surface area contributed by atoms with Gasteiger partial charge in [-0.2, -0.15) is 0 Å². The molecule has 2 heterocycles. The zero-order valence-electron chi connectivity index (χ0n) is 9.00. The third-order valence-electron chi connectivity index (χ3n) is 2.67. The lowest BCUT2D eigenvalue weighted by Crippen LogP contribution is -2.31. The van der Waals surface area contributed by atoms with E-state index in [1.54, 1.807) is 6.20 Å². The molecule has 6 nitrogen and oxygen atoms in total. The van der Waals surface area contributed by atoms with Gasteiger partial charge in [0.2, 0.25) is 0 Å². The summed E-state index contributed by atoms with van der Waals surface area (Å²) in [5.41, 5.74) is 5.88. The van der Waals surface area contributed by atoms with Crippen LogP contribution in [0.5, 0.6) is 0 Å². The molecule has 0 aliphatic carbocycles. The number of hydrogen-bond donors (Lipinski definition) is 2. The number of aromatic nitrogens is 2. The van der Waals surface area contributed by atoms with Gasteiger partial charge in [0.15, 0.2) is 5.84 Å². The number of nitrogens with two attached hydrogens (primary N) is 1. The van der Waals surface area contributed by atoms with Crippen molar-refractivity contribution in [3.63, 3.8) is 0 Å². The molecule has 2 rings (SSSR count). The zero-order valence-corrected chi connectivity index (χ0v) is 9.00. The molecule has 1 saturated heterocycles. The Morgan fingerprint density at radius 2 is 2.06 bits per heavy atom. The predicted octanol–water partition coefficient (Wildman–Crippen LogP) is 0.561. The average molecular weight is 221 g/mol. The third kappa shape index (κ3) is 2.21. The second-order valence-electron chi connectivity index (χ2n) is 3.80. The predicted molar refractivity (Wildman–Crippen MR) is 60.6 cm³/mol. The molecule has 86 valence electrons. The summed E-state index contributed by atoms with van der Waals surface area (Å²) in [6, 6.07) is 0. The topological polar surface area (TPSA) is 87.6 Å². The Kier molecular flexibility index (Phi) is 3.19. The van der Waals surface area contributed by atoms with Crippen LogP contribution >= 0.6 is 0 Å². The van der Waals surface area contributed by atoms with Crippen LogP contribution in [0.1, 0.15) is 25.0 Å². The van der Waals surface area contributed by atoms with Gasteiger partial charge >= 0.3 is 0 Å². The van der Waals surface area contributed by atoms with E-state index in [2.05, 4.69) is 20.0 Å². The molecular weight excluding hydrogens is 206 g/mol. The van der Waals surface area contributed by atoms with Gasteiger partial charge in [-0.3, -0.25) is 4.98 Å². The summed E-state index contributed by atoms with van der Waals surface area (Å²) >= 11 is 0. The van der Waals surface area contributed by atoms with Crippen LogP contribution in [0.25, 0.3) is 0 Å². The fourth-order valence-corrected chi connectivity index (χ4v) is 1.81. The van der Waals surface area contributed by atoms with Gasteiger partial charge in [-0.05, 0) is 19.3 Å². The molecule has 0 saturated carbocycles. The molecule has 0 amide bonds. The van der Waals surface area contributed by atoms with E-state index in [-0.39, 0.29) is 5.84 Å². The standard InChI is InChI=1S/C10H15N5O/c11-10(14-16)8-6-12-7-9(13-8)15-4-2-1-3-5-15/h6-7,16H,1-5H2,(H2,11,14). The first-order valence-electron chi connectivity index (χ1n) is 5.36. The van der Waals surface area contributed by atoms with E-state index in [0.717, 1.165) is 18.9 Å². The zero-order chi connectivity index (χ0) is 11.4. The Labute approximate surface area is 93.8 Å². The number of nitrogens with zero attached hydrogens (tertiary/aromatic N) is 4.